The Balaban J connectivity index is 2.02. The number of hydrogen-bond acceptors (Lipinski definition) is 3. The molecule has 0 bridgehead atoms. The van der Waals surface area contributed by atoms with E-state index in [1.807, 2.05) is 20.8 Å². The van der Waals surface area contributed by atoms with Gasteiger partial charge in [-0.3, -0.25) is 4.79 Å². The normalized spacial score (nSPS) is 17.2. The zero-order valence-corrected chi connectivity index (χ0v) is 16.9. The number of sulfonamides is 1. The third-order valence-electron chi connectivity index (χ3n) is 4.94. The van der Waals surface area contributed by atoms with Gasteiger partial charge in [-0.1, -0.05) is 50.8 Å². The molecule has 1 aromatic rings. The lowest BCUT2D eigenvalue weighted by molar-refractivity contribution is -0.123. The summed E-state index contributed by atoms with van der Waals surface area (Å²) in [5.74, 6) is 0.502. The van der Waals surface area contributed by atoms with Gasteiger partial charge in [-0.05, 0) is 50.2 Å². The van der Waals surface area contributed by atoms with Crippen molar-refractivity contribution in [2.75, 3.05) is 6.54 Å². The summed E-state index contributed by atoms with van der Waals surface area (Å²) in [5.41, 5.74) is 0.993. The van der Waals surface area contributed by atoms with E-state index < -0.39 is 16.1 Å². The molecular weight excluding hydrogens is 348 g/mol. The van der Waals surface area contributed by atoms with Gasteiger partial charge in [0.25, 0.3) is 0 Å². The van der Waals surface area contributed by atoms with E-state index in [2.05, 4.69) is 10.0 Å². The Hall–Kier alpha value is -1.40. The van der Waals surface area contributed by atoms with Crippen LogP contribution in [0.5, 0.6) is 0 Å². The maximum atomic E-state index is 12.7. The second kappa shape index (κ2) is 9.51. The minimum Gasteiger partial charge on any atom is -0.354 e. The maximum Gasteiger partial charge on any atom is 0.241 e. The van der Waals surface area contributed by atoms with Crippen LogP contribution in [0.25, 0.3) is 0 Å². The molecule has 0 heterocycles. The highest BCUT2D eigenvalue weighted by molar-refractivity contribution is 7.89. The lowest BCUT2D eigenvalue weighted by atomic mass is 9.89. The van der Waals surface area contributed by atoms with Gasteiger partial charge < -0.3 is 5.32 Å². The first-order valence-corrected chi connectivity index (χ1v) is 11.1. The largest absolute Gasteiger partial charge is 0.354 e. The third kappa shape index (κ3) is 6.40. The molecule has 2 N–H and O–H groups in total. The fourth-order valence-electron chi connectivity index (χ4n) is 3.41. The number of carbonyl (C=O) groups excluding carboxylic acids is 1. The molecule has 1 aliphatic carbocycles. The van der Waals surface area contributed by atoms with Crippen LogP contribution in [0.3, 0.4) is 0 Å². The first-order valence-electron chi connectivity index (χ1n) is 9.64. The summed E-state index contributed by atoms with van der Waals surface area (Å²) >= 11 is 0. The summed E-state index contributed by atoms with van der Waals surface area (Å²) in [6.45, 7) is 6.52. The highest BCUT2D eigenvalue weighted by Gasteiger charge is 2.27. The van der Waals surface area contributed by atoms with Crippen molar-refractivity contribution in [2.24, 2.45) is 11.8 Å². The van der Waals surface area contributed by atoms with Gasteiger partial charge >= 0.3 is 0 Å². The minimum atomic E-state index is -3.72. The van der Waals surface area contributed by atoms with Crippen LogP contribution in [0.15, 0.2) is 29.2 Å². The van der Waals surface area contributed by atoms with Crippen LogP contribution >= 0.6 is 0 Å². The third-order valence-corrected chi connectivity index (χ3v) is 6.43. The number of benzene rings is 1. The smallest absolute Gasteiger partial charge is 0.241 e. The number of nitrogens with one attached hydrogen (secondary N) is 2. The van der Waals surface area contributed by atoms with E-state index in [4.69, 9.17) is 0 Å². The molecule has 1 fully saturated rings. The van der Waals surface area contributed by atoms with Crippen molar-refractivity contribution in [3.05, 3.63) is 29.8 Å². The second-order valence-corrected chi connectivity index (χ2v) is 9.58. The van der Waals surface area contributed by atoms with E-state index in [1.165, 1.54) is 19.3 Å². The molecule has 0 saturated heterocycles. The van der Waals surface area contributed by atoms with Gasteiger partial charge in [-0.25, -0.2) is 8.42 Å². The number of aryl methyl sites for hydroxylation is 1. The zero-order valence-electron chi connectivity index (χ0n) is 16.1. The molecule has 6 heteroatoms. The van der Waals surface area contributed by atoms with Crippen molar-refractivity contribution in [1.82, 2.24) is 10.0 Å². The van der Waals surface area contributed by atoms with E-state index in [1.54, 1.807) is 24.3 Å². The molecule has 1 aliphatic rings. The van der Waals surface area contributed by atoms with Gasteiger partial charge in [-0.15, -0.1) is 0 Å². The monoisotopic (exact) mass is 380 g/mol. The molecule has 1 amide bonds. The van der Waals surface area contributed by atoms with Gasteiger partial charge in [0, 0.05) is 6.54 Å². The number of rotatable bonds is 8. The van der Waals surface area contributed by atoms with Crippen molar-refractivity contribution in [1.29, 1.82) is 0 Å². The van der Waals surface area contributed by atoms with E-state index in [9.17, 15) is 13.2 Å². The molecule has 0 radical (unpaired) electrons. The van der Waals surface area contributed by atoms with E-state index in [0.717, 1.165) is 18.4 Å². The van der Waals surface area contributed by atoms with Crippen molar-refractivity contribution in [3.63, 3.8) is 0 Å². The summed E-state index contributed by atoms with van der Waals surface area (Å²) < 4.78 is 27.9. The first kappa shape index (κ1) is 20.9. The van der Waals surface area contributed by atoms with Crippen LogP contribution in [-0.4, -0.2) is 26.9 Å². The Morgan fingerprint density at radius 1 is 1.12 bits per heavy atom. The standard InChI is InChI=1S/C20H32N2O3S/c1-15(2)13-19(20(23)21-14-17-7-5-4-6-8-17)22-26(24,25)18-11-9-16(3)10-12-18/h9-12,15,17,19,22H,4-8,13-14H2,1-3H3,(H,21,23). The van der Waals surface area contributed by atoms with E-state index in [-0.39, 0.29) is 16.7 Å². The van der Waals surface area contributed by atoms with Gasteiger partial charge in [0.1, 0.15) is 6.04 Å². The van der Waals surface area contributed by atoms with Gasteiger partial charge in [-0.2, -0.15) is 4.72 Å². The molecule has 0 spiro atoms. The van der Waals surface area contributed by atoms with Crippen molar-refractivity contribution in [3.8, 4) is 0 Å². The molecule has 1 saturated carbocycles. The van der Waals surface area contributed by atoms with Crippen LogP contribution < -0.4 is 10.0 Å². The minimum absolute atomic E-state index is 0.192. The van der Waals surface area contributed by atoms with Crippen molar-refractivity contribution < 1.29 is 13.2 Å². The van der Waals surface area contributed by atoms with Crippen molar-refractivity contribution >= 4 is 15.9 Å². The number of amides is 1. The zero-order chi connectivity index (χ0) is 19.2. The van der Waals surface area contributed by atoms with Gasteiger partial charge in [0.15, 0.2) is 0 Å². The van der Waals surface area contributed by atoms with Crippen LogP contribution in [0.2, 0.25) is 0 Å². The topological polar surface area (TPSA) is 75.3 Å². The molecule has 0 aliphatic heterocycles. The fourth-order valence-corrected chi connectivity index (χ4v) is 4.62. The van der Waals surface area contributed by atoms with Crippen LogP contribution in [0, 0.1) is 18.8 Å². The molecule has 26 heavy (non-hydrogen) atoms. The van der Waals surface area contributed by atoms with Crippen LogP contribution in [0.4, 0.5) is 0 Å². The number of hydrogen-bond donors (Lipinski definition) is 2. The summed E-state index contributed by atoms with van der Waals surface area (Å²) in [6, 6.07) is 5.92. The quantitative estimate of drug-likeness (QED) is 0.726. The predicted molar refractivity (Wildman–Crippen MR) is 104 cm³/mol. The summed E-state index contributed by atoms with van der Waals surface area (Å²) in [4.78, 5) is 12.8. The first-order chi connectivity index (χ1) is 12.3. The van der Waals surface area contributed by atoms with Crippen LogP contribution in [-0.2, 0) is 14.8 Å². The van der Waals surface area contributed by atoms with Gasteiger partial charge in [0.2, 0.25) is 15.9 Å². The Bertz CT molecular complexity index is 678. The molecule has 5 nitrogen and oxygen atoms in total. The highest BCUT2D eigenvalue weighted by atomic mass is 32.2. The van der Waals surface area contributed by atoms with E-state index in [0.29, 0.717) is 18.9 Å². The predicted octanol–water partition coefficient (Wildman–Crippen LogP) is 3.38. The molecule has 2 rings (SSSR count). The van der Waals surface area contributed by atoms with Crippen molar-refractivity contribution in [2.45, 2.75) is 70.2 Å². The highest BCUT2D eigenvalue weighted by Crippen LogP contribution is 2.23. The average molecular weight is 381 g/mol. The summed E-state index contributed by atoms with van der Waals surface area (Å²) in [6.07, 6.45) is 6.47. The molecule has 0 aromatic heterocycles. The molecule has 1 aromatic carbocycles. The SMILES string of the molecule is Cc1ccc(S(=O)(=O)NC(CC(C)C)C(=O)NCC2CCCCC2)cc1. The van der Waals surface area contributed by atoms with Crippen LogP contribution in [0.1, 0.15) is 57.9 Å². The molecule has 146 valence electrons. The molecular formula is C20H32N2O3S. The fraction of sp³-hybridized carbons (Fsp3) is 0.650. The Morgan fingerprint density at radius 2 is 1.73 bits per heavy atom. The molecule has 1 atom stereocenters. The number of carbonyl (C=O) groups is 1. The lowest BCUT2D eigenvalue weighted by Gasteiger charge is -2.24. The Morgan fingerprint density at radius 3 is 2.31 bits per heavy atom. The Kier molecular flexibility index (Phi) is 7.65. The molecule has 1 unspecified atom stereocenters. The average Bonchev–Trinajstić information content (AvgIpc) is 2.60. The van der Waals surface area contributed by atoms with Gasteiger partial charge in [0.05, 0.1) is 4.90 Å². The van der Waals surface area contributed by atoms with E-state index >= 15 is 0 Å². The summed E-state index contributed by atoms with van der Waals surface area (Å²) in [7, 11) is -3.72. The second-order valence-electron chi connectivity index (χ2n) is 7.87. The Labute approximate surface area is 158 Å². The summed E-state index contributed by atoms with van der Waals surface area (Å²) in [5, 5.41) is 2.98. The lowest BCUT2D eigenvalue weighted by Crippen LogP contribution is -2.48. The maximum absolute atomic E-state index is 12.7.